The summed E-state index contributed by atoms with van der Waals surface area (Å²) in [6.07, 6.45) is -0.0330. The number of aliphatic hydroxyl groups excluding tert-OH is 1. The lowest BCUT2D eigenvalue weighted by Gasteiger charge is -2.43. The number of rotatable bonds is 10. The van der Waals surface area contributed by atoms with E-state index in [1.165, 1.54) is 25.1 Å². The minimum atomic E-state index is -1.70. The highest BCUT2D eigenvalue weighted by atomic mass is 19.2. The minimum absolute atomic E-state index is 0.0220. The highest BCUT2D eigenvalue weighted by Gasteiger charge is 2.38. The number of β-amino-alcohol motifs (C(OH)–C–C–N with tert-alkyl or cyclic N) is 1. The molecule has 0 bridgehead atoms. The van der Waals surface area contributed by atoms with E-state index in [1.807, 2.05) is 12.1 Å². The zero-order chi connectivity index (χ0) is 24.1. The number of alkyl halides is 1. The Morgan fingerprint density at radius 2 is 1.94 bits per heavy atom. The topological polar surface area (TPSA) is 70.0 Å². The van der Waals surface area contributed by atoms with Gasteiger partial charge >= 0.3 is 5.97 Å². The van der Waals surface area contributed by atoms with Crippen LogP contribution in [0.15, 0.2) is 42.5 Å². The molecule has 0 radical (unpaired) electrons. The number of carbonyl (C=O) groups is 1. The molecule has 1 fully saturated rings. The van der Waals surface area contributed by atoms with E-state index in [1.54, 1.807) is 24.0 Å². The standard InChI is InChI=1S/C25H28F3NO4/c1-15-7-9-20(25(28)23(15)26)24(27)21-11-12-29(21)13-18(30)14-33-16(2)19-6-4-3-5-17(19)8-10-22(31)32/h3-10,16,18,21,24,30H,11-14H2,1-2H3,(H,31,32)/t16-,18-,21-,24?/m1/s1. The molecule has 1 unspecified atom stereocenters. The third-order valence-corrected chi connectivity index (χ3v) is 5.94. The number of aliphatic hydroxyl groups is 1. The van der Waals surface area contributed by atoms with Gasteiger partial charge in [0.2, 0.25) is 0 Å². The summed E-state index contributed by atoms with van der Waals surface area (Å²) < 4.78 is 48.7. The SMILES string of the molecule is Cc1ccc(C(F)[C@H]2CCN2C[C@@H](O)CO[C@H](C)c2ccccc2C=CC(=O)O)c(F)c1F. The van der Waals surface area contributed by atoms with Crippen LogP contribution in [-0.2, 0) is 9.53 Å². The predicted molar refractivity (Wildman–Crippen MR) is 118 cm³/mol. The van der Waals surface area contributed by atoms with Gasteiger partial charge in [-0.1, -0.05) is 36.4 Å². The van der Waals surface area contributed by atoms with Gasteiger partial charge in [0.05, 0.1) is 18.8 Å². The molecule has 2 N–H and O–H groups in total. The summed E-state index contributed by atoms with van der Waals surface area (Å²) in [6, 6.07) is 9.16. The lowest BCUT2D eigenvalue weighted by molar-refractivity contribution is -0.131. The lowest BCUT2D eigenvalue weighted by Crippen LogP contribution is -2.53. The number of nitrogens with zero attached hydrogens (tertiary/aromatic N) is 1. The smallest absolute Gasteiger partial charge is 0.328 e. The van der Waals surface area contributed by atoms with E-state index in [2.05, 4.69) is 0 Å². The molecule has 2 aromatic rings. The Labute approximate surface area is 191 Å². The van der Waals surface area contributed by atoms with Crippen LogP contribution in [0.2, 0.25) is 0 Å². The first kappa shape index (κ1) is 25.0. The van der Waals surface area contributed by atoms with Gasteiger partial charge < -0.3 is 14.9 Å². The summed E-state index contributed by atoms with van der Waals surface area (Å²) >= 11 is 0. The molecular formula is C25H28F3NO4. The maximum Gasteiger partial charge on any atom is 0.328 e. The van der Waals surface area contributed by atoms with Gasteiger partial charge in [-0.3, -0.25) is 4.90 Å². The Balaban J connectivity index is 1.56. The number of carboxylic acids is 1. The highest BCUT2D eigenvalue weighted by molar-refractivity contribution is 5.85. The molecule has 4 atom stereocenters. The van der Waals surface area contributed by atoms with Crippen molar-refractivity contribution in [1.29, 1.82) is 0 Å². The van der Waals surface area contributed by atoms with Crippen LogP contribution in [0.25, 0.3) is 6.08 Å². The number of halogens is 3. The molecule has 33 heavy (non-hydrogen) atoms. The van der Waals surface area contributed by atoms with Crippen molar-refractivity contribution in [3.05, 3.63) is 76.4 Å². The summed E-state index contributed by atoms with van der Waals surface area (Å²) in [5.41, 5.74) is 1.27. The first-order chi connectivity index (χ1) is 15.7. The van der Waals surface area contributed by atoms with Crippen LogP contribution in [0.4, 0.5) is 13.2 Å². The maximum atomic E-state index is 15.0. The Morgan fingerprint density at radius 1 is 1.21 bits per heavy atom. The van der Waals surface area contributed by atoms with Gasteiger partial charge in [-0.15, -0.1) is 0 Å². The number of carboxylic acid groups (broad SMARTS) is 1. The zero-order valence-corrected chi connectivity index (χ0v) is 18.5. The third-order valence-electron chi connectivity index (χ3n) is 5.94. The average molecular weight is 463 g/mol. The summed E-state index contributed by atoms with van der Waals surface area (Å²) in [4.78, 5) is 12.5. The Kier molecular flexibility index (Phi) is 8.29. The number of benzene rings is 2. The summed E-state index contributed by atoms with van der Waals surface area (Å²) in [6.45, 7) is 3.86. The molecular weight excluding hydrogens is 435 g/mol. The first-order valence-electron chi connectivity index (χ1n) is 10.8. The number of likely N-dealkylation sites (tertiary alicyclic amines) is 1. The second-order valence-corrected chi connectivity index (χ2v) is 8.28. The first-order valence-corrected chi connectivity index (χ1v) is 10.8. The number of hydrogen-bond acceptors (Lipinski definition) is 4. The Hall–Kier alpha value is -2.68. The van der Waals surface area contributed by atoms with Crippen molar-refractivity contribution >= 4 is 12.0 Å². The Bertz CT molecular complexity index is 1010. The van der Waals surface area contributed by atoms with E-state index in [-0.39, 0.29) is 24.3 Å². The third kappa shape index (κ3) is 6.01. The van der Waals surface area contributed by atoms with Crippen LogP contribution in [-0.4, -0.2) is 52.9 Å². The second-order valence-electron chi connectivity index (χ2n) is 8.28. The van der Waals surface area contributed by atoms with Gasteiger partial charge in [0, 0.05) is 30.8 Å². The molecule has 1 saturated heterocycles. The predicted octanol–water partition coefficient (Wildman–Crippen LogP) is 4.59. The van der Waals surface area contributed by atoms with Crippen molar-refractivity contribution in [2.24, 2.45) is 0 Å². The van der Waals surface area contributed by atoms with Crippen LogP contribution in [0.3, 0.4) is 0 Å². The van der Waals surface area contributed by atoms with Gasteiger partial charge in [-0.25, -0.2) is 18.0 Å². The maximum absolute atomic E-state index is 15.0. The van der Waals surface area contributed by atoms with E-state index in [4.69, 9.17) is 9.84 Å². The molecule has 5 nitrogen and oxygen atoms in total. The number of aryl methyl sites for hydroxylation is 1. The van der Waals surface area contributed by atoms with Gasteiger partial charge in [0.1, 0.15) is 6.17 Å². The molecule has 3 rings (SSSR count). The molecule has 0 amide bonds. The zero-order valence-electron chi connectivity index (χ0n) is 18.5. The van der Waals surface area contributed by atoms with E-state index >= 15 is 0 Å². The highest BCUT2D eigenvalue weighted by Crippen LogP contribution is 2.35. The average Bonchev–Trinajstić information content (AvgIpc) is 2.77. The van der Waals surface area contributed by atoms with Crippen molar-refractivity contribution in [1.82, 2.24) is 4.90 Å². The van der Waals surface area contributed by atoms with E-state index < -0.39 is 42.0 Å². The number of ether oxygens (including phenoxy) is 1. The number of hydrogen-bond donors (Lipinski definition) is 2. The fourth-order valence-electron chi connectivity index (χ4n) is 3.96. The fraction of sp³-hybridized carbons (Fsp3) is 0.400. The molecule has 1 aliphatic heterocycles. The van der Waals surface area contributed by atoms with E-state index in [0.717, 1.165) is 11.6 Å². The van der Waals surface area contributed by atoms with Crippen molar-refractivity contribution in [3.8, 4) is 0 Å². The largest absolute Gasteiger partial charge is 0.478 e. The molecule has 8 heteroatoms. The molecule has 0 aromatic heterocycles. The monoisotopic (exact) mass is 463 g/mol. The molecule has 178 valence electrons. The summed E-state index contributed by atoms with van der Waals surface area (Å²) in [5.74, 6) is -3.26. The lowest BCUT2D eigenvalue weighted by atomic mass is 9.92. The Morgan fingerprint density at radius 3 is 2.61 bits per heavy atom. The molecule has 1 aliphatic rings. The minimum Gasteiger partial charge on any atom is -0.478 e. The van der Waals surface area contributed by atoms with E-state index in [9.17, 15) is 23.1 Å². The molecule has 2 aromatic carbocycles. The van der Waals surface area contributed by atoms with Crippen molar-refractivity contribution in [3.63, 3.8) is 0 Å². The van der Waals surface area contributed by atoms with E-state index in [0.29, 0.717) is 18.5 Å². The van der Waals surface area contributed by atoms with Crippen LogP contribution < -0.4 is 0 Å². The summed E-state index contributed by atoms with van der Waals surface area (Å²) in [7, 11) is 0. The molecule has 0 saturated carbocycles. The van der Waals surface area contributed by atoms with Crippen LogP contribution in [0.1, 0.15) is 47.9 Å². The van der Waals surface area contributed by atoms with Gasteiger partial charge in [0.25, 0.3) is 0 Å². The summed E-state index contributed by atoms with van der Waals surface area (Å²) in [5, 5.41) is 19.3. The number of aliphatic carboxylic acids is 1. The van der Waals surface area contributed by atoms with Gasteiger partial charge in [-0.05, 0) is 43.0 Å². The van der Waals surface area contributed by atoms with Crippen LogP contribution in [0, 0.1) is 18.6 Å². The van der Waals surface area contributed by atoms with Crippen molar-refractivity contribution < 1.29 is 32.9 Å². The molecule has 1 heterocycles. The quantitative estimate of drug-likeness (QED) is 0.505. The van der Waals surface area contributed by atoms with Crippen molar-refractivity contribution in [2.75, 3.05) is 19.7 Å². The normalized spacial score (nSPS) is 19.3. The fourth-order valence-corrected chi connectivity index (χ4v) is 3.96. The van der Waals surface area contributed by atoms with Gasteiger partial charge in [0.15, 0.2) is 11.6 Å². The molecule has 0 spiro atoms. The van der Waals surface area contributed by atoms with Crippen LogP contribution in [0.5, 0.6) is 0 Å². The van der Waals surface area contributed by atoms with Crippen molar-refractivity contribution in [2.45, 2.75) is 44.7 Å². The second kappa shape index (κ2) is 11.0. The van der Waals surface area contributed by atoms with Gasteiger partial charge in [-0.2, -0.15) is 0 Å². The van der Waals surface area contributed by atoms with Crippen LogP contribution >= 0.6 is 0 Å². The molecule has 0 aliphatic carbocycles.